The highest BCUT2D eigenvalue weighted by Crippen LogP contribution is 2.27. The summed E-state index contributed by atoms with van der Waals surface area (Å²) >= 11 is 1.51. The van der Waals surface area contributed by atoms with Crippen LogP contribution in [0.4, 0.5) is 5.82 Å². The number of thiophene rings is 1. The van der Waals surface area contributed by atoms with E-state index in [0.717, 1.165) is 41.7 Å². The Hall–Kier alpha value is -2.73. The molecule has 6 heteroatoms. The molecule has 0 radical (unpaired) electrons. The molecule has 0 saturated carbocycles. The van der Waals surface area contributed by atoms with Crippen LogP contribution in [0.5, 0.6) is 0 Å². The molecule has 31 heavy (non-hydrogen) atoms. The molecule has 3 heterocycles. The largest absolute Gasteiger partial charge is 0.353 e. The van der Waals surface area contributed by atoms with Crippen LogP contribution >= 0.6 is 11.3 Å². The number of carbonyl (C=O) groups is 1. The Kier molecular flexibility index (Phi) is 6.37. The highest BCUT2D eigenvalue weighted by Gasteiger charge is 2.26. The lowest BCUT2D eigenvalue weighted by Crippen LogP contribution is -2.49. The number of hydrogen-bond donors (Lipinski definition) is 0. The summed E-state index contributed by atoms with van der Waals surface area (Å²) < 4.78 is 0. The predicted octanol–water partition coefficient (Wildman–Crippen LogP) is 4.83. The number of nitrogens with zero attached hydrogens (tertiary/aromatic N) is 4. The minimum atomic E-state index is 0.136. The molecule has 2 aromatic heterocycles. The fraction of sp³-hybridized carbons (Fsp3) is 0.400. The lowest BCUT2D eigenvalue weighted by Gasteiger charge is -2.36. The molecule has 3 aromatic rings. The normalized spacial score (nSPS) is 14.4. The van der Waals surface area contributed by atoms with Crippen molar-refractivity contribution in [3.63, 3.8) is 0 Å². The first-order chi connectivity index (χ1) is 14.9. The number of rotatable bonds is 5. The van der Waals surface area contributed by atoms with Gasteiger partial charge in [0.2, 0.25) is 0 Å². The number of benzene rings is 1. The van der Waals surface area contributed by atoms with Gasteiger partial charge in [-0.1, -0.05) is 49.7 Å². The first-order valence-electron chi connectivity index (χ1n) is 10.9. The van der Waals surface area contributed by atoms with Crippen LogP contribution in [0.1, 0.15) is 57.6 Å². The van der Waals surface area contributed by atoms with E-state index in [1.54, 1.807) is 0 Å². The summed E-state index contributed by atoms with van der Waals surface area (Å²) in [5.74, 6) is 2.32. The summed E-state index contributed by atoms with van der Waals surface area (Å²) in [6, 6.07) is 12.5. The SMILES string of the molecule is Cc1cccc(Cc2c(C)nc(C(C)C)nc2N2CCN(C(=O)c3cccs3)CC2)c1. The van der Waals surface area contributed by atoms with Crippen molar-refractivity contribution in [1.29, 1.82) is 0 Å². The van der Waals surface area contributed by atoms with E-state index < -0.39 is 0 Å². The van der Waals surface area contributed by atoms with Crippen LogP contribution in [0.15, 0.2) is 41.8 Å². The van der Waals surface area contributed by atoms with E-state index in [4.69, 9.17) is 9.97 Å². The molecule has 1 aliphatic heterocycles. The van der Waals surface area contributed by atoms with Gasteiger partial charge in [0.1, 0.15) is 11.6 Å². The maximum Gasteiger partial charge on any atom is 0.264 e. The number of piperazine rings is 1. The maximum atomic E-state index is 12.7. The average molecular weight is 435 g/mol. The van der Waals surface area contributed by atoms with Crippen molar-refractivity contribution < 1.29 is 4.79 Å². The van der Waals surface area contributed by atoms with Crippen LogP contribution in [-0.4, -0.2) is 47.0 Å². The van der Waals surface area contributed by atoms with Crippen LogP contribution < -0.4 is 4.90 Å². The van der Waals surface area contributed by atoms with Gasteiger partial charge in [-0.15, -0.1) is 11.3 Å². The number of anilines is 1. The predicted molar refractivity (Wildman–Crippen MR) is 127 cm³/mol. The van der Waals surface area contributed by atoms with Crippen molar-refractivity contribution in [3.8, 4) is 0 Å². The van der Waals surface area contributed by atoms with Crippen LogP contribution in [0.2, 0.25) is 0 Å². The van der Waals surface area contributed by atoms with Crippen LogP contribution in [0.3, 0.4) is 0 Å². The summed E-state index contributed by atoms with van der Waals surface area (Å²) in [6.07, 6.45) is 0.815. The summed E-state index contributed by atoms with van der Waals surface area (Å²) in [7, 11) is 0. The standard InChI is InChI=1S/C25H30N4OS/c1-17(2)23-26-19(4)21(16-20-8-5-7-18(3)15-20)24(27-23)28-10-12-29(13-11-28)25(30)22-9-6-14-31-22/h5-9,14-15,17H,10-13,16H2,1-4H3. The second-order valence-electron chi connectivity index (χ2n) is 8.55. The van der Waals surface area contributed by atoms with E-state index in [0.29, 0.717) is 13.1 Å². The summed E-state index contributed by atoms with van der Waals surface area (Å²) in [4.78, 5) is 27.7. The average Bonchev–Trinajstić information content (AvgIpc) is 3.29. The van der Waals surface area contributed by atoms with Crippen molar-refractivity contribution in [2.75, 3.05) is 31.1 Å². The molecule has 4 rings (SSSR count). The van der Waals surface area contributed by atoms with Gasteiger partial charge < -0.3 is 9.80 Å². The molecule has 0 bridgehead atoms. The molecular weight excluding hydrogens is 404 g/mol. The van der Waals surface area contributed by atoms with E-state index in [1.807, 2.05) is 22.4 Å². The minimum Gasteiger partial charge on any atom is -0.353 e. The number of aromatic nitrogens is 2. The second kappa shape index (κ2) is 9.18. The summed E-state index contributed by atoms with van der Waals surface area (Å²) in [5.41, 5.74) is 4.77. The topological polar surface area (TPSA) is 49.3 Å². The Balaban J connectivity index is 1.59. The Labute approximate surface area is 188 Å². The van der Waals surface area contributed by atoms with Gasteiger partial charge in [-0.2, -0.15) is 0 Å². The van der Waals surface area contributed by atoms with Gasteiger partial charge in [-0.25, -0.2) is 9.97 Å². The molecule has 0 unspecified atom stereocenters. The van der Waals surface area contributed by atoms with Crippen molar-refractivity contribution in [3.05, 3.63) is 74.9 Å². The van der Waals surface area contributed by atoms with E-state index >= 15 is 0 Å². The Morgan fingerprint density at radius 3 is 2.48 bits per heavy atom. The number of hydrogen-bond acceptors (Lipinski definition) is 5. The van der Waals surface area contributed by atoms with E-state index in [-0.39, 0.29) is 11.8 Å². The molecule has 5 nitrogen and oxygen atoms in total. The van der Waals surface area contributed by atoms with E-state index in [9.17, 15) is 4.79 Å². The number of carbonyl (C=O) groups excluding carboxylic acids is 1. The summed E-state index contributed by atoms with van der Waals surface area (Å²) in [6.45, 7) is 11.5. The highest BCUT2D eigenvalue weighted by atomic mass is 32.1. The Morgan fingerprint density at radius 1 is 1.06 bits per heavy atom. The quantitative estimate of drug-likeness (QED) is 0.577. The lowest BCUT2D eigenvalue weighted by atomic mass is 10.0. The smallest absolute Gasteiger partial charge is 0.264 e. The molecule has 0 aliphatic carbocycles. The molecular formula is C25H30N4OS. The van der Waals surface area contributed by atoms with Gasteiger partial charge in [0.05, 0.1) is 4.88 Å². The molecule has 0 atom stereocenters. The third-order valence-corrected chi connectivity index (χ3v) is 6.65. The molecule has 0 spiro atoms. The van der Waals surface area contributed by atoms with Crippen molar-refractivity contribution in [2.24, 2.45) is 0 Å². The van der Waals surface area contributed by atoms with E-state index in [2.05, 4.69) is 56.9 Å². The zero-order valence-corrected chi connectivity index (χ0v) is 19.6. The molecule has 1 saturated heterocycles. The molecule has 0 N–H and O–H groups in total. The van der Waals surface area contributed by atoms with E-state index in [1.165, 1.54) is 28.0 Å². The number of amides is 1. The van der Waals surface area contributed by atoms with Gasteiger partial charge in [-0.3, -0.25) is 4.79 Å². The molecule has 162 valence electrons. The molecule has 1 fully saturated rings. The second-order valence-corrected chi connectivity index (χ2v) is 9.49. The van der Waals surface area contributed by atoms with Gasteiger partial charge in [-0.05, 0) is 30.9 Å². The van der Waals surface area contributed by atoms with Crippen LogP contribution in [-0.2, 0) is 6.42 Å². The monoisotopic (exact) mass is 434 g/mol. The van der Waals surface area contributed by atoms with Gasteiger partial charge in [0, 0.05) is 49.8 Å². The molecule has 1 aliphatic rings. The van der Waals surface area contributed by atoms with Crippen LogP contribution in [0, 0.1) is 13.8 Å². The fourth-order valence-corrected chi connectivity index (χ4v) is 4.72. The Morgan fingerprint density at radius 2 is 1.84 bits per heavy atom. The summed E-state index contributed by atoms with van der Waals surface area (Å²) in [5, 5.41) is 1.96. The maximum absolute atomic E-state index is 12.7. The van der Waals surface area contributed by atoms with Crippen molar-refractivity contribution in [1.82, 2.24) is 14.9 Å². The fourth-order valence-electron chi connectivity index (χ4n) is 4.03. The van der Waals surface area contributed by atoms with Gasteiger partial charge >= 0.3 is 0 Å². The van der Waals surface area contributed by atoms with Crippen LogP contribution in [0.25, 0.3) is 0 Å². The zero-order chi connectivity index (χ0) is 22.0. The van der Waals surface area contributed by atoms with Crippen molar-refractivity contribution >= 4 is 23.1 Å². The zero-order valence-electron chi connectivity index (χ0n) is 18.8. The number of aryl methyl sites for hydroxylation is 2. The molecule has 1 amide bonds. The lowest BCUT2D eigenvalue weighted by molar-refractivity contribution is 0.0751. The third kappa shape index (κ3) is 4.79. The molecule has 1 aromatic carbocycles. The highest BCUT2D eigenvalue weighted by molar-refractivity contribution is 7.12. The Bertz CT molecular complexity index is 1050. The third-order valence-electron chi connectivity index (χ3n) is 5.79. The van der Waals surface area contributed by atoms with Gasteiger partial charge in [0.25, 0.3) is 5.91 Å². The van der Waals surface area contributed by atoms with Gasteiger partial charge in [0.15, 0.2) is 0 Å². The first kappa shape index (κ1) is 21.5. The first-order valence-corrected chi connectivity index (χ1v) is 11.8. The van der Waals surface area contributed by atoms with Crippen molar-refractivity contribution in [2.45, 2.75) is 40.0 Å². The minimum absolute atomic E-state index is 0.136.